The number of aromatic nitrogens is 2. The molecule has 0 aliphatic carbocycles. The lowest BCUT2D eigenvalue weighted by Crippen LogP contribution is -2.29. The number of rotatable bonds is 1. The number of carbonyl (C=O) groups is 1. The van der Waals surface area contributed by atoms with E-state index in [-0.39, 0.29) is 5.88 Å². The molecule has 0 radical (unpaired) electrons. The van der Waals surface area contributed by atoms with Crippen molar-refractivity contribution in [2.75, 3.05) is 5.32 Å². The topological polar surface area (TPSA) is 68.2 Å². The minimum absolute atomic E-state index is 0.252. The quantitative estimate of drug-likeness (QED) is 0.682. The van der Waals surface area contributed by atoms with Gasteiger partial charge in [0.1, 0.15) is 5.60 Å². The number of amides is 1. The maximum atomic E-state index is 11.2. The van der Waals surface area contributed by atoms with Crippen molar-refractivity contribution in [1.82, 2.24) is 5.27 Å². The Morgan fingerprint density at radius 2 is 2.29 bits per heavy atom. The maximum absolute atomic E-state index is 11.2. The molecule has 1 heterocycles. The van der Waals surface area contributed by atoms with Gasteiger partial charge in [-0.3, -0.25) is 9.84 Å². The monoisotopic (exact) mass is 200 g/mol. The minimum Gasteiger partial charge on any atom is -0.444 e. The van der Waals surface area contributed by atoms with E-state index >= 15 is 0 Å². The second kappa shape index (κ2) is 3.65. The lowest BCUT2D eigenvalue weighted by molar-refractivity contribution is -0.739. The molecule has 0 aliphatic heterocycles. The van der Waals surface area contributed by atoms with E-state index in [9.17, 15) is 4.79 Å². The van der Waals surface area contributed by atoms with Gasteiger partial charge in [0.15, 0.2) is 12.3 Å². The van der Waals surface area contributed by atoms with Gasteiger partial charge >= 0.3 is 12.0 Å². The summed E-state index contributed by atoms with van der Waals surface area (Å²) in [5, 5.41) is 5.95. The first-order valence-electron chi connectivity index (χ1n) is 4.19. The summed E-state index contributed by atoms with van der Waals surface area (Å²) in [5.41, 5.74) is -0.522. The summed E-state index contributed by atoms with van der Waals surface area (Å²) in [5.74, 6) is 0.252. The molecule has 6 heteroatoms. The highest BCUT2D eigenvalue weighted by molar-refractivity contribution is 5.82. The second-order valence-corrected chi connectivity index (χ2v) is 3.87. The lowest BCUT2D eigenvalue weighted by Gasteiger charge is -2.18. The van der Waals surface area contributed by atoms with E-state index < -0.39 is 11.7 Å². The van der Waals surface area contributed by atoms with Gasteiger partial charge in [-0.15, -0.1) is 0 Å². The fourth-order valence-corrected chi connectivity index (χ4v) is 0.785. The van der Waals surface area contributed by atoms with Gasteiger partial charge in [-0.05, 0) is 20.8 Å². The van der Waals surface area contributed by atoms with Crippen molar-refractivity contribution >= 4 is 12.0 Å². The largest absolute Gasteiger partial charge is 0.444 e. The average Bonchev–Trinajstić information content (AvgIpc) is 2.30. The molecule has 0 atom stereocenters. The standard InChI is InChI=1S/C8H13N3O3/c1-8(2,3)13-7(12)9-6-5-11(4)10-14-6/h5H,1-4H3/p+1. The van der Waals surface area contributed by atoms with Crippen LogP contribution in [0.1, 0.15) is 20.8 Å². The Kier molecular flexibility index (Phi) is 2.73. The van der Waals surface area contributed by atoms with Crippen LogP contribution in [-0.2, 0) is 11.8 Å². The highest BCUT2D eigenvalue weighted by Gasteiger charge is 2.18. The molecule has 0 spiro atoms. The van der Waals surface area contributed by atoms with Crippen molar-refractivity contribution in [1.29, 1.82) is 0 Å². The van der Waals surface area contributed by atoms with Crippen molar-refractivity contribution in [2.24, 2.45) is 7.05 Å². The van der Waals surface area contributed by atoms with Gasteiger partial charge in [-0.2, -0.15) is 0 Å². The number of hydrogen-bond donors (Lipinski definition) is 1. The van der Waals surface area contributed by atoms with E-state index in [4.69, 9.17) is 9.26 Å². The van der Waals surface area contributed by atoms with E-state index in [1.165, 1.54) is 10.9 Å². The second-order valence-electron chi connectivity index (χ2n) is 3.87. The van der Waals surface area contributed by atoms with Crippen LogP contribution in [0.25, 0.3) is 0 Å². The fourth-order valence-electron chi connectivity index (χ4n) is 0.785. The Morgan fingerprint density at radius 1 is 1.64 bits per heavy atom. The van der Waals surface area contributed by atoms with Crippen molar-refractivity contribution < 1.29 is 18.7 Å². The highest BCUT2D eigenvalue weighted by atomic mass is 16.6. The maximum Gasteiger partial charge on any atom is 0.414 e. The van der Waals surface area contributed by atoms with Crippen LogP contribution in [0.15, 0.2) is 10.7 Å². The molecule has 0 fully saturated rings. The van der Waals surface area contributed by atoms with Crippen molar-refractivity contribution in [3.05, 3.63) is 6.20 Å². The van der Waals surface area contributed by atoms with Gasteiger partial charge in [0.05, 0.1) is 0 Å². The van der Waals surface area contributed by atoms with E-state index in [1.807, 2.05) is 0 Å². The number of nitrogens with zero attached hydrogens (tertiary/aromatic N) is 2. The molecule has 0 bridgehead atoms. The van der Waals surface area contributed by atoms with Crippen LogP contribution in [0.2, 0.25) is 0 Å². The molecular weight excluding hydrogens is 186 g/mol. The van der Waals surface area contributed by atoms with Crippen LogP contribution in [0.4, 0.5) is 10.7 Å². The molecule has 1 N–H and O–H groups in total. The third-order valence-corrected chi connectivity index (χ3v) is 1.20. The smallest absolute Gasteiger partial charge is 0.414 e. The summed E-state index contributed by atoms with van der Waals surface area (Å²) < 4.78 is 11.2. The Labute approximate surface area is 81.8 Å². The number of anilines is 1. The van der Waals surface area contributed by atoms with Crippen LogP contribution < -0.4 is 10.00 Å². The molecule has 1 rings (SSSR count). The number of aryl methyl sites for hydroxylation is 1. The van der Waals surface area contributed by atoms with Crippen LogP contribution in [-0.4, -0.2) is 17.0 Å². The normalized spacial score (nSPS) is 11.1. The molecule has 1 aromatic heterocycles. The molecular formula is C8H14N3O3+. The first-order valence-corrected chi connectivity index (χ1v) is 4.19. The number of carbonyl (C=O) groups excluding carboxylic acids is 1. The molecule has 0 aliphatic rings. The third-order valence-electron chi connectivity index (χ3n) is 1.20. The van der Waals surface area contributed by atoms with Gasteiger partial charge in [-0.25, -0.2) is 4.79 Å². The zero-order chi connectivity index (χ0) is 10.8. The Balaban J connectivity index is 2.50. The lowest BCUT2D eigenvalue weighted by atomic mass is 10.2. The molecule has 0 saturated carbocycles. The number of hydrogen-bond acceptors (Lipinski definition) is 4. The average molecular weight is 200 g/mol. The molecule has 0 aromatic carbocycles. The molecule has 1 aromatic rings. The Bertz CT molecular complexity index is 327. The van der Waals surface area contributed by atoms with Gasteiger partial charge in [0.2, 0.25) is 0 Å². The number of ether oxygens (including phenoxy) is 1. The Hall–Kier alpha value is -1.59. The molecule has 78 valence electrons. The molecule has 6 nitrogen and oxygen atoms in total. The Morgan fingerprint density at radius 3 is 2.71 bits per heavy atom. The molecule has 14 heavy (non-hydrogen) atoms. The SMILES string of the molecule is C[n+]1cc(NC(=O)OC(C)(C)C)on1. The van der Waals surface area contributed by atoms with E-state index in [0.717, 1.165) is 0 Å². The third kappa shape index (κ3) is 3.42. The minimum atomic E-state index is -0.561. The number of nitrogens with one attached hydrogen (secondary N) is 1. The van der Waals surface area contributed by atoms with Gasteiger partial charge < -0.3 is 4.74 Å². The van der Waals surface area contributed by atoms with Gasteiger partial charge in [-0.1, -0.05) is 4.68 Å². The zero-order valence-corrected chi connectivity index (χ0v) is 8.70. The van der Waals surface area contributed by atoms with Crippen LogP contribution in [0, 0.1) is 0 Å². The molecule has 0 saturated heterocycles. The van der Waals surface area contributed by atoms with Crippen molar-refractivity contribution in [3.8, 4) is 0 Å². The van der Waals surface area contributed by atoms with Crippen LogP contribution >= 0.6 is 0 Å². The highest BCUT2D eigenvalue weighted by Crippen LogP contribution is 2.09. The van der Waals surface area contributed by atoms with Crippen LogP contribution in [0.3, 0.4) is 0 Å². The summed E-state index contributed by atoms with van der Waals surface area (Å²) >= 11 is 0. The predicted octanol–water partition coefficient (Wildman–Crippen LogP) is 0.846. The summed E-state index contributed by atoms with van der Waals surface area (Å²) in [6.07, 6.45) is 0.971. The summed E-state index contributed by atoms with van der Waals surface area (Å²) in [4.78, 5) is 11.2. The fraction of sp³-hybridized carbons (Fsp3) is 0.625. The van der Waals surface area contributed by atoms with Crippen molar-refractivity contribution in [3.63, 3.8) is 0 Å². The summed E-state index contributed by atoms with van der Waals surface area (Å²) in [6.45, 7) is 5.35. The van der Waals surface area contributed by atoms with E-state index in [0.29, 0.717) is 0 Å². The van der Waals surface area contributed by atoms with Gasteiger partial charge in [0, 0.05) is 0 Å². The predicted molar refractivity (Wildman–Crippen MR) is 47.5 cm³/mol. The van der Waals surface area contributed by atoms with Gasteiger partial charge in [0.25, 0.3) is 6.20 Å². The molecule has 1 amide bonds. The zero-order valence-electron chi connectivity index (χ0n) is 8.70. The van der Waals surface area contributed by atoms with E-state index in [2.05, 4.69) is 10.6 Å². The summed E-state index contributed by atoms with van der Waals surface area (Å²) in [7, 11) is 1.68. The van der Waals surface area contributed by atoms with E-state index in [1.54, 1.807) is 27.8 Å². The van der Waals surface area contributed by atoms with Crippen molar-refractivity contribution in [2.45, 2.75) is 26.4 Å². The summed E-state index contributed by atoms with van der Waals surface area (Å²) in [6, 6.07) is 0. The first-order chi connectivity index (χ1) is 6.37. The first kappa shape index (κ1) is 10.5. The molecule has 0 unspecified atom stereocenters. The van der Waals surface area contributed by atoms with Crippen LogP contribution in [0.5, 0.6) is 0 Å².